The van der Waals surface area contributed by atoms with Crippen molar-refractivity contribution in [2.45, 2.75) is 40.0 Å². The smallest absolute Gasteiger partial charge is 0.338 e. The molecule has 1 fully saturated rings. The maximum atomic E-state index is 12.5. The first kappa shape index (κ1) is 20.1. The Bertz CT molecular complexity index is 839. The molecule has 1 saturated carbocycles. The number of nitrogens with one attached hydrogen (secondary N) is 1. The Morgan fingerprint density at radius 3 is 2.46 bits per heavy atom. The minimum Gasteiger partial charge on any atom is -0.462 e. The molecule has 0 aromatic heterocycles. The summed E-state index contributed by atoms with van der Waals surface area (Å²) in [5.41, 5.74) is 3.37. The lowest BCUT2D eigenvalue weighted by atomic mass is 9.82. The number of rotatable bonds is 6. The van der Waals surface area contributed by atoms with E-state index in [1.54, 1.807) is 13.0 Å². The van der Waals surface area contributed by atoms with E-state index in [9.17, 15) is 9.59 Å². The van der Waals surface area contributed by atoms with Gasteiger partial charge in [-0.25, -0.2) is 4.79 Å². The second kappa shape index (κ2) is 8.59. The molecule has 0 bridgehead atoms. The normalized spacial score (nSPS) is 17.9. The van der Waals surface area contributed by atoms with Gasteiger partial charge in [0.15, 0.2) is 0 Å². The summed E-state index contributed by atoms with van der Waals surface area (Å²) in [6.45, 7) is 7.45. The summed E-state index contributed by atoms with van der Waals surface area (Å²) in [6.07, 6.45) is 3.66. The maximum Gasteiger partial charge on any atom is 0.338 e. The Morgan fingerprint density at radius 2 is 1.82 bits per heavy atom. The zero-order valence-electron chi connectivity index (χ0n) is 17.0. The van der Waals surface area contributed by atoms with E-state index in [0.717, 1.165) is 17.7 Å². The second-order valence-corrected chi connectivity index (χ2v) is 8.17. The SMILES string of the molecule is CCOC(=O)c1cccc(-c2ccc(C(=O)NCC3CCCC3(C)C)cc2)c1. The Kier molecular flexibility index (Phi) is 6.18. The molecule has 0 heterocycles. The molecule has 0 saturated heterocycles. The molecule has 1 atom stereocenters. The van der Waals surface area contributed by atoms with Crippen LogP contribution in [0.4, 0.5) is 0 Å². The van der Waals surface area contributed by atoms with Crippen LogP contribution in [-0.4, -0.2) is 25.0 Å². The molecule has 0 radical (unpaired) electrons. The van der Waals surface area contributed by atoms with Crippen LogP contribution in [0.25, 0.3) is 11.1 Å². The van der Waals surface area contributed by atoms with Crippen LogP contribution in [0.15, 0.2) is 48.5 Å². The molecule has 28 heavy (non-hydrogen) atoms. The van der Waals surface area contributed by atoms with Gasteiger partial charge in [0.2, 0.25) is 0 Å². The van der Waals surface area contributed by atoms with Crippen LogP contribution in [0.1, 0.15) is 60.7 Å². The van der Waals surface area contributed by atoms with E-state index in [2.05, 4.69) is 19.2 Å². The lowest BCUT2D eigenvalue weighted by Gasteiger charge is -2.27. The summed E-state index contributed by atoms with van der Waals surface area (Å²) >= 11 is 0. The third kappa shape index (κ3) is 4.61. The summed E-state index contributed by atoms with van der Waals surface area (Å²) in [5, 5.41) is 3.09. The molecule has 0 aliphatic heterocycles. The molecule has 148 valence electrons. The monoisotopic (exact) mass is 379 g/mol. The number of benzene rings is 2. The van der Waals surface area contributed by atoms with Gasteiger partial charge in [-0.1, -0.05) is 44.5 Å². The summed E-state index contributed by atoms with van der Waals surface area (Å²) in [4.78, 5) is 24.4. The highest BCUT2D eigenvalue weighted by Crippen LogP contribution is 2.42. The Labute approximate surface area is 167 Å². The van der Waals surface area contributed by atoms with E-state index in [4.69, 9.17) is 4.74 Å². The lowest BCUT2D eigenvalue weighted by molar-refractivity contribution is 0.0526. The van der Waals surface area contributed by atoms with Crippen LogP contribution in [0.2, 0.25) is 0 Å². The zero-order valence-corrected chi connectivity index (χ0v) is 17.0. The molecule has 1 N–H and O–H groups in total. The maximum absolute atomic E-state index is 12.5. The molecule has 2 aromatic rings. The number of hydrogen-bond donors (Lipinski definition) is 1. The fourth-order valence-corrected chi connectivity index (χ4v) is 3.95. The van der Waals surface area contributed by atoms with Gasteiger partial charge in [-0.15, -0.1) is 0 Å². The summed E-state index contributed by atoms with van der Waals surface area (Å²) in [5.74, 6) is 0.186. The second-order valence-electron chi connectivity index (χ2n) is 8.17. The first-order valence-electron chi connectivity index (χ1n) is 10.1. The van der Waals surface area contributed by atoms with Crippen LogP contribution < -0.4 is 5.32 Å². The van der Waals surface area contributed by atoms with Gasteiger partial charge in [0.05, 0.1) is 12.2 Å². The number of hydrogen-bond acceptors (Lipinski definition) is 3. The van der Waals surface area contributed by atoms with Gasteiger partial charge in [0, 0.05) is 12.1 Å². The van der Waals surface area contributed by atoms with Gasteiger partial charge in [0.25, 0.3) is 5.91 Å². The number of amides is 1. The van der Waals surface area contributed by atoms with Gasteiger partial charge in [-0.05, 0) is 66.5 Å². The Hall–Kier alpha value is -2.62. The van der Waals surface area contributed by atoms with Crippen molar-refractivity contribution in [2.24, 2.45) is 11.3 Å². The van der Waals surface area contributed by atoms with Crippen LogP contribution in [-0.2, 0) is 4.74 Å². The molecule has 1 unspecified atom stereocenters. The highest BCUT2D eigenvalue weighted by atomic mass is 16.5. The minimum absolute atomic E-state index is 0.0328. The van der Waals surface area contributed by atoms with Crippen molar-refractivity contribution in [2.75, 3.05) is 13.2 Å². The van der Waals surface area contributed by atoms with E-state index in [1.165, 1.54) is 19.3 Å². The minimum atomic E-state index is -0.324. The van der Waals surface area contributed by atoms with Crippen molar-refractivity contribution in [1.29, 1.82) is 0 Å². The average molecular weight is 380 g/mol. The van der Waals surface area contributed by atoms with Gasteiger partial charge in [-0.3, -0.25) is 4.79 Å². The molecule has 1 amide bonds. The van der Waals surface area contributed by atoms with Crippen LogP contribution in [0, 0.1) is 11.3 Å². The highest BCUT2D eigenvalue weighted by Gasteiger charge is 2.34. The van der Waals surface area contributed by atoms with Gasteiger partial charge in [-0.2, -0.15) is 0 Å². The first-order valence-corrected chi connectivity index (χ1v) is 10.1. The molecule has 1 aliphatic rings. The van der Waals surface area contributed by atoms with Crippen molar-refractivity contribution >= 4 is 11.9 Å². The Balaban J connectivity index is 1.65. The number of ether oxygens (including phenoxy) is 1. The van der Waals surface area contributed by atoms with Crippen molar-refractivity contribution in [3.8, 4) is 11.1 Å². The van der Waals surface area contributed by atoms with E-state index in [1.807, 2.05) is 42.5 Å². The first-order chi connectivity index (χ1) is 13.4. The molecule has 4 heteroatoms. The summed E-state index contributed by atoms with van der Waals surface area (Å²) < 4.78 is 5.06. The summed E-state index contributed by atoms with van der Waals surface area (Å²) in [7, 11) is 0. The van der Waals surface area contributed by atoms with E-state index in [0.29, 0.717) is 29.1 Å². The van der Waals surface area contributed by atoms with E-state index >= 15 is 0 Å². The van der Waals surface area contributed by atoms with Gasteiger partial charge in [0.1, 0.15) is 0 Å². The summed E-state index contributed by atoms with van der Waals surface area (Å²) in [6, 6.07) is 14.8. The molecule has 0 spiro atoms. The van der Waals surface area contributed by atoms with Crippen LogP contribution >= 0.6 is 0 Å². The van der Waals surface area contributed by atoms with Gasteiger partial charge < -0.3 is 10.1 Å². The van der Waals surface area contributed by atoms with Crippen molar-refractivity contribution in [3.05, 3.63) is 59.7 Å². The van der Waals surface area contributed by atoms with Crippen molar-refractivity contribution < 1.29 is 14.3 Å². The quantitative estimate of drug-likeness (QED) is 0.712. The largest absolute Gasteiger partial charge is 0.462 e. The van der Waals surface area contributed by atoms with Gasteiger partial charge >= 0.3 is 5.97 Å². The fourth-order valence-electron chi connectivity index (χ4n) is 3.95. The predicted molar refractivity (Wildman–Crippen MR) is 111 cm³/mol. The molecule has 1 aliphatic carbocycles. The fraction of sp³-hybridized carbons (Fsp3) is 0.417. The molecule has 4 nitrogen and oxygen atoms in total. The molecular formula is C24H29NO3. The third-order valence-corrected chi connectivity index (χ3v) is 5.84. The zero-order chi connectivity index (χ0) is 20.1. The Morgan fingerprint density at radius 1 is 1.07 bits per heavy atom. The van der Waals surface area contributed by atoms with Crippen LogP contribution in [0.3, 0.4) is 0 Å². The number of esters is 1. The standard InChI is InChI=1S/C24H29NO3/c1-4-28-23(27)20-8-5-7-19(15-20)17-10-12-18(13-11-17)22(26)25-16-21-9-6-14-24(21,2)3/h5,7-8,10-13,15,21H,4,6,9,14,16H2,1-3H3,(H,25,26). The van der Waals surface area contributed by atoms with E-state index in [-0.39, 0.29) is 11.9 Å². The molecular weight excluding hydrogens is 350 g/mol. The average Bonchev–Trinajstić information content (AvgIpc) is 3.04. The van der Waals surface area contributed by atoms with Crippen molar-refractivity contribution in [1.82, 2.24) is 5.32 Å². The molecule has 3 rings (SSSR count). The molecule has 2 aromatic carbocycles. The van der Waals surface area contributed by atoms with Crippen molar-refractivity contribution in [3.63, 3.8) is 0 Å². The number of carbonyl (C=O) groups excluding carboxylic acids is 2. The van der Waals surface area contributed by atoms with E-state index < -0.39 is 0 Å². The highest BCUT2D eigenvalue weighted by molar-refractivity contribution is 5.95. The topological polar surface area (TPSA) is 55.4 Å². The number of carbonyl (C=O) groups is 2. The predicted octanol–water partition coefficient (Wildman–Crippen LogP) is 5.09. The lowest BCUT2D eigenvalue weighted by Crippen LogP contribution is -2.33. The third-order valence-electron chi connectivity index (χ3n) is 5.84. The van der Waals surface area contributed by atoms with Crippen LogP contribution in [0.5, 0.6) is 0 Å².